The van der Waals surface area contributed by atoms with Gasteiger partial charge < -0.3 is 15.0 Å². The van der Waals surface area contributed by atoms with Crippen LogP contribution in [-0.2, 0) is 26.2 Å². The third-order valence-electron chi connectivity index (χ3n) is 7.23. The van der Waals surface area contributed by atoms with E-state index in [0.29, 0.717) is 18.0 Å². The molecule has 236 valence electrons. The number of aryl methyl sites for hydroxylation is 1. The Morgan fingerprint density at radius 2 is 1.56 bits per heavy atom. The molecule has 4 aromatic rings. The molecule has 10 heteroatoms. The molecule has 0 bridgehead atoms. The van der Waals surface area contributed by atoms with Gasteiger partial charge in [0.1, 0.15) is 24.1 Å². The lowest BCUT2D eigenvalue weighted by Gasteiger charge is -2.32. The van der Waals surface area contributed by atoms with Crippen LogP contribution >= 0.6 is 15.9 Å². The highest BCUT2D eigenvalue weighted by Crippen LogP contribution is 2.29. The van der Waals surface area contributed by atoms with E-state index in [4.69, 9.17) is 4.74 Å². The van der Waals surface area contributed by atoms with Crippen molar-refractivity contribution in [1.82, 2.24) is 10.2 Å². The van der Waals surface area contributed by atoms with Crippen molar-refractivity contribution in [2.45, 2.75) is 51.1 Å². The summed E-state index contributed by atoms with van der Waals surface area (Å²) in [5.74, 6) is 0.326. The Morgan fingerprint density at radius 3 is 2.20 bits per heavy atom. The van der Waals surface area contributed by atoms with Gasteiger partial charge in [0.15, 0.2) is 0 Å². The summed E-state index contributed by atoms with van der Waals surface area (Å²) in [6.45, 7) is 5.65. The van der Waals surface area contributed by atoms with Crippen LogP contribution in [0.4, 0.5) is 5.69 Å². The normalized spacial score (nSPS) is 11.8. The highest BCUT2D eigenvalue weighted by atomic mass is 79.9. The van der Waals surface area contributed by atoms with Gasteiger partial charge in [-0.15, -0.1) is 0 Å². The topological polar surface area (TPSA) is 96.0 Å². The smallest absolute Gasteiger partial charge is 0.264 e. The van der Waals surface area contributed by atoms with Crippen molar-refractivity contribution in [3.05, 3.63) is 119 Å². The second-order valence-corrected chi connectivity index (χ2v) is 13.5. The number of hydrogen-bond donors (Lipinski definition) is 1. The molecule has 0 aliphatic rings. The lowest BCUT2D eigenvalue weighted by atomic mass is 10.1. The Bertz CT molecular complexity index is 1680. The lowest BCUT2D eigenvalue weighted by Crippen LogP contribution is -2.51. The number of carbonyl (C=O) groups excluding carboxylic acids is 2. The van der Waals surface area contributed by atoms with E-state index in [1.54, 1.807) is 43.3 Å². The minimum atomic E-state index is -4.18. The Morgan fingerprint density at radius 1 is 0.889 bits per heavy atom. The largest absolute Gasteiger partial charge is 0.457 e. The number of para-hydroxylation sites is 1. The monoisotopic (exact) mass is 691 g/mol. The number of nitrogens with zero attached hydrogens (tertiary/aromatic N) is 2. The molecule has 0 fully saturated rings. The Kier molecular flexibility index (Phi) is 11.8. The maximum Gasteiger partial charge on any atom is 0.264 e. The number of halogens is 1. The number of carbonyl (C=O) groups is 2. The zero-order valence-electron chi connectivity index (χ0n) is 25.6. The number of amides is 2. The molecular formula is C35H38BrN3O5S. The molecule has 8 nitrogen and oxygen atoms in total. The summed E-state index contributed by atoms with van der Waals surface area (Å²) in [5.41, 5.74) is 1.98. The molecule has 1 N–H and O–H groups in total. The number of hydrogen-bond acceptors (Lipinski definition) is 5. The molecule has 4 aromatic carbocycles. The maximum absolute atomic E-state index is 14.1. The fourth-order valence-electron chi connectivity index (χ4n) is 4.62. The van der Waals surface area contributed by atoms with Crippen LogP contribution in [0.15, 0.2) is 112 Å². The van der Waals surface area contributed by atoms with E-state index in [9.17, 15) is 18.0 Å². The van der Waals surface area contributed by atoms with E-state index in [2.05, 4.69) is 21.2 Å². The van der Waals surface area contributed by atoms with E-state index in [-0.39, 0.29) is 23.0 Å². The lowest BCUT2D eigenvalue weighted by molar-refractivity contribution is -0.139. The number of anilines is 1. The molecule has 0 radical (unpaired) electrons. The third kappa shape index (κ3) is 9.18. The highest BCUT2D eigenvalue weighted by molar-refractivity contribution is 9.10. The van der Waals surface area contributed by atoms with E-state index < -0.39 is 28.5 Å². The zero-order valence-corrected chi connectivity index (χ0v) is 28.1. The first-order chi connectivity index (χ1) is 21.6. The van der Waals surface area contributed by atoms with Crippen LogP contribution in [0, 0.1) is 6.92 Å². The van der Waals surface area contributed by atoms with Crippen LogP contribution in [0.2, 0.25) is 0 Å². The van der Waals surface area contributed by atoms with Crippen LogP contribution in [0.5, 0.6) is 11.5 Å². The van der Waals surface area contributed by atoms with Crippen molar-refractivity contribution in [2.24, 2.45) is 0 Å². The van der Waals surface area contributed by atoms with Crippen LogP contribution < -0.4 is 14.4 Å². The second kappa shape index (κ2) is 15.7. The highest BCUT2D eigenvalue weighted by Gasteiger charge is 2.32. The minimum Gasteiger partial charge on any atom is -0.457 e. The fraction of sp³-hybridized carbons (Fsp3) is 0.257. The van der Waals surface area contributed by atoms with Gasteiger partial charge >= 0.3 is 0 Å². The fourth-order valence-corrected chi connectivity index (χ4v) is 6.48. The summed E-state index contributed by atoms with van der Waals surface area (Å²) < 4.78 is 36.0. The Balaban J connectivity index is 1.69. The van der Waals surface area contributed by atoms with Crippen molar-refractivity contribution >= 4 is 43.5 Å². The molecule has 1 atom stereocenters. The van der Waals surface area contributed by atoms with E-state index in [1.165, 1.54) is 17.0 Å². The van der Waals surface area contributed by atoms with Crippen LogP contribution in [0.25, 0.3) is 0 Å². The molecule has 0 aromatic heterocycles. The van der Waals surface area contributed by atoms with Gasteiger partial charge in [-0.3, -0.25) is 13.9 Å². The number of rotatable bonds is 14. The van der Waals surface area contributed by atoms with Gasteiger partial charge in [0.25, 0.3) is 10.0 Å². The average Bonchev–Trinajstić information content (AvgIpc) is 3.03. The van der Waals surface area contributed by atoms with Crippen molar-refractivity contribution in [1.29, 1.82) is 0 Å². The van der Waals surface area contributed by atoms with Crippen LogP contribution in [0.1, 0.15) is 37.8 Å². The molecule has 2 amide bonds. The molecule has 0 saturated carbocycles. The first-order valence-electron chi connectivity index (χ1n) is 14.8. The quantitative estimate of drug-likeness (QED) is 0.143. The summed E-state index contributed by atoms with van der Waals surface area (Å²) in [6, 6.07) is 28.9. The molecule has 0 unspecified atom stereocenters. The van der Waals surface area contributed by atoms with Crippen molar-refractivity contribution < 1.29 is 22.7 Å². The maximum atomic E-state index is 14.1. The molecule has 4 rings (SSSR count). The predicted octanol–water partition coefficient (Wildman–Crippen LogP) is 7.08. The van der Waals surface area contributed by atoms with Crippen molar-refractivity contribution in [2.75, 3.05) is 17.4 Å². The van der Waals surface area contributed by atoms with Crippen molar-refractivity contribution in [3.63, 3.8) is 0 Å². The summed E-state index contributed by atoms with van der Waals surface area (Å²) >= 11 is 3.47. The van der Waals surface area contributed by atoms with Gasteiger partial charge in [0, 0.05) is 17.6 Å². The molecule has 0 aliphatic carbocycles. The molecular weight excluding hydrogens is 654 g/mol. The number of nitrogens with one attached hydrogen (secondary N) is 1. The van der Waals surface area contributed by atoms with Gasteiger partial charge in [-0.1, -0.05) is 77.3 Å². The molecule has 0 aliphatic heterocycles. The van der Waals surface area contributed by atoms with Gasteiger partial charge in [-0.2, -0.15) is 0 Å². The Labute approximate surface area is 274 Å². The molecule has 0 heterocycles. The van der Waals surface area contributed by atoms with E-state index >= 15 is 0 Å². The minimum absolute atomic E-state index is 0.0504. The van der Waals surface area contributed by atoms with Gasteiger partial charge in [-0.25, -0.2) is 8.42 Å². The number of benzene rings is 4. The summed E-state index contributed by atoms with van der Waals surface area (Å²) in [4.78, 5) is 28.8. The summed E-state index contributed by atoms with van der Waals surface area (Å²) in [7, 11) is -4.18. The zero-order chi connectivity index (χ0) is 32.4. The summed E-state index contributed by atoms with van der Waals surface area (Å²) in [6.07, 6.45) is 1.72. The Hall–Kier alpha value is -4.15. The van der Waals surface area contributed by atoms with Crippen molar-refractivity contribution in [3.8, 4) is 11.5 Å². The first-order valence-corrected chi connectivity index (χ1v) is 17.1. The molecule has 45 heavy (non-hydrogen) atoms. The number of sulfonamides is 1. The number of ether oxygens (including phenoxy) is 1. The third-order valence-corrected chi connectivity index (χ3v) is 9.51. The summed E-state index contributed by atoms with van der Waals surface area (Å²) in [5, 5.41) is 2.90. The van der Waals surface area contributed by atoms with Gasteiger partial charge in [0.2, 0.25) is 11.8 Å². The molecule has 0 spiro atoms. The van der Waals surface area contributed by atoms with Crippen LogP contribution in [0.3, 0.4) is 0 Å². The molecule has 0 saturated heterocycles. The number of unbranched alkanes of at least 4 members (excludes halogenated alkanes) is 1. The standard InChI is InChI=1S/C35H38BrN3O5S/c1-4-5-22-37-35(41)27(3)38(24-28-10-9-11-29(36)23-28)34(40)25-39(45(42,43)33-20-14-26(2)15-21-33)30-16-18-32(19-17-30)44-31-12-7-6-8-13-31/h6-21,23,27H,4-5,22,24-25H2,1-3H3,(H,37,41)/t27-/m0/s1. The van der Waals surface area contributed by atoms with Gasteiger partial charge in [-0.05, 0) is 86.5 Å². The second-order valence-electron chi connectivity index (χ2n) is 10.7. The SMILES string of the molecule is CCCCNC(=O)[C@H](C)N(Cc1cccc(Br)c1)C(=O)CN(c1ccc(Oc2ccccc2)cc1)S(=O)(=O)c1ccc(C)cc1. The average molecular weight is 693 g/mol. The van der Waals surface area contributed by atoms with Crippen LogP contribution in [-0.4, -0.2) is 44.3 Å². The predicted molar refractivity (Wildman–Crippen MR) is 181 cm³/mol. The van der Waals surface area contributed by atoms with E-state index in [1.807, 2.05) is 68.4 Å². The van der Waals surface area contributed by atoms with E-state index in [0.717, 1.165) is 32.7 Å². The van der Waals surface area contributed by atoms with Gasteiger partial charge in [0.05, 0.1) is 10.6 Å². The first kappa shape index (κ1) is 33.7.